The lowest BCUT2D eigenvalue weighted by Crippen LogP contribution is -2.43. The van der Waals surface area contributed by atoms with E-state index in [4.69, 9.17) is 4.74 Å². The molecule has 0 aliphatic carbocycles. The van der Waals surface area contributed by atoms with E-state index in [9.17, 15) is 10.2 Å². The third kappa shape index (κ3) is 5.50. The average Bonchev–Trinajstić information content (AvgIpc) is 2.51. The Balaban J connectivity index is 1.90. The lowest BCUT2D eigenvalue weighted by atomic mass is 10.1. The van der Waals surface area contributed by atoms with Crippen LogP contribution in [-0.2, 0) is 0 Å². The molecule has 0 radical (unpaired) electrons. The van der Waals surface area contributed by atoms with Crippen molar-refractivity contribution in [3.05, 3.63) is 42.5 Å². The highest BCUT2D eigenvalue weighted by Gasteiger charge is 2.17. The van der Waals surface area contributed by atoms with Gasteiger partial charge in [-0.15, -0.1) is 0 Å². The number of benzene rings is 2. The summed E-state index contributed by atoms with van der Waals surface area (Å²) in [5, 5.41) is 22.0. The highest BCUT2D eigenvalue weighted by atomic mass is 16.5. The van der Waals surface area contributed by atoms with Gasteiger partial charge in [-0.1, -0.05) is 30.3 Å². The zero-order valence-corrected chi connectivity index (χ0v) is 14.1. The van der Waals surface area contributed by atoms with Crippen LogP contribution in [0, 0.1) is 0 Å². The number of nitrogens with zero attached hydrogens (tertiary/aromatic N) is 1. The van der Waals surface area contributed by atoms with Crippen molar-refractivity contribution in [1.82, 2.24) is 4.90 Å². The van der Waals surface area contributed by atoms with Crippen molar-refractivity contribution >= 4 is 10.8 Å². The van der Waals surface area contributed by atoms with Crippen LogP contribution in [0.2, 0.25) is 0 Å². The summed E-state index contributed by atoms with van der Waals surface area (Å²) < 4.78 is 5.72. The van der Waals surface area contributed by atoms with Crippen molar-refractivity contribution in [2.75, 3.05) is 19.7 Å². The Kier molecular flexibility index (Phi) is 6.39. The number of aliphatic hydroxyl groups is 2. The average molecular weight is 317 g/mol. The van der Waals surface area contributed by atoms with Crippen LogP contribution in [0.1, 0.15) is 20.8 Å². The van der Waals surface area contributed by atoms with E-state index < -0.39 is 12.2 Å². The molecule has 23 heavy (non-hydrogen) atoms. The maximum absolute atomic E-state index is 10.2. The number of hydrogen-bond donors (Lipinski definition) is 2. The molecule has 4 nitrogen and oxygen atoms in total. The Morgan fingerprint density at radius 3 is 2.30 bits per heavy atom. The predicted octanol–water partition coefficient (Wildman–Crippen LogP) is 2.67. The summed E-state index contributed by atoms with van der Waals surface area (Å²) in [6.45, 7) is 7.13. The quantitative estimate of drug-likeness (QED) is 0.786. The van der Waals surface area contributed by atoms with E-state index in [2.05, 4.69) is 24.8 Å². The number of aliphatic hydroxyl groups excluding tert-OH is 2. The standard InChI is InChI=1S/C19H27NO3/c1-14(2)20(11-15(3)21)12-18(22)13-23-19-9-8-16-6-4-5-7-17(16)10-19/h4-10,14-15,18,21-22H,11-13H2,1-3H3. The van der Waals surface area contributed by atoms with Crippen molar-refractivity contribution in [3.8, 4) is 5.75 Å². The lowest BCUT2D eigenvalue weighted by molar-refractivity contribution is 0.0366. The van der Waals surface area contributed by atoms with E-state index in [-0.39, 0.29) is 12.6 Å². The zero-order valence-electron chi connectivity index (χ0n) is 14.1. The van der Waals surface area contributed by atoms with Gasteiger partial charge >= 0.3 is 0 Å². The summed E-state index contributed by atoms with van der Waals surface area (Å²) in [5.41, 5.74) is 0. The molecule has 0 aliphatic rings. The minimum absolute atomic E-state index is 0.237. The van der Waals surface area contributed by atoms with Crippen LogP contribution in [0.15, 0.2) is 42.5 Å². The van der Waals surface area contributed by atoms with Crippen LogP contribution in [0.4, 0.5) is 0 Å². The Bertz CT molecular complexity index is 612. The van der Waals surface area contributed by atoms with Gasteiger partial charge in [-0.2, -0.15) is 0 Å². The molecule has 2 aromatic carbocycles. The first kappa shape index (κ1) is 17.7. The van der Waals surface area contributed by atoms with Gasteiger partial charge in [0, 0.05) is 19.1 Å². The van der Waals surface area contributed by atoms with Gasteiger partial charge < -0.3 is 14.9 Å². The highest BCUT2D eigenvalue weighted by Crippen LogP contribution is 2.20. The van der Waals surface area contributed by atoms with E-state index in [0.717, 1.165) is 11.1 Å². The third-order valence-corrected chi connectivity index (χ3v) is 3.84. The summed E-state index contributed by atoms with van der Waals surface area (Å²) in [7, 11) is 0. The molecular weight excluding hydrogens is 290 g/mol. The number of rotatable bonds is 8. The van der Waals surface area contributed by atoms with Crippen LogP contribution in [-0.4, -0.2) is 53.1 Å². The van der Waals surface area contributed by atoms with Gasteiger partial charge in [0.05, 0.1) is 6.10 Å². The van der Waals surface area contributed by atoms with E-state index >= 15 is 0 Å². The highest BCUT2D eigenvalue weighted by molar-refractivity contribution is 5.83. The second-order valence-electron chi connectivity index (χ2n) is 6.37. The molecule has 2 rings (SSSR count). The van der Waals surface area contributed by atoms with Crippen LogP contribution >= 0.6 is 0 Å². The molecule has 126 valence electrons. The first-order valence-electron chi connectivity index (χ1n) is 8.17. The van der Waals surface area contributed by atoms with Crippen LogP contribution in [0.5, 0.6) is 5.75 Å². The molecule has 0 saturated heterocycles. The summed E-state index contributed by atoms with van der Waals surface area (Å²) in [6.07, 6.45) is -1.01. The summed E-state index contributed by atoms with van der Waals surface area (Å²) in [4.78, 5) is 2.05. The van der Waals surface area contributed by atoms with Crippen LogP contribution in [0.3, 0.4) is 0 Å². The number of fused-ring (bicyclic) bond motifs is 1. The van der Waals surface area contributed by atoms with Crippen molar-refractivity contribution < 1.29 is 14.9 Å². The molecule has 0 bridgehead atoms. The third-order valence-electron chi connectivity index (χ3n) is 3.84. The monoisotopic (exact) mass is 317 g/mol. The Morgan fingerprint density at radius 2 is 1.65 bits per heavy atom. The Hall–Kier alpha value is -1.62. The molecule has 2 N–H and O–H groups in total. The Morgan fingerprint density at radius 1 is 0.957 bits per heavy atom. The number of hydrogen-bond acceptors (Lipinski definition) is 4. The molecule has 2 unspecified atom stereocenters. The fourth-order valence-corrected chi connectivity index (χ4v) is 2.61. The molecule has 0 spiro atoms. The molecule has 2 aromatic rings. The summed E-state index contributed by atoms with van der Waals surface area (Å²) in [6, 6.07) is 14.3. The van der Waals surface area contributed by atoms with Gasteiger partial charge in [0.2, 0.25) is 0 Å². The van der Waals surface area contributed by atoms with Crippen LogP contribution in [0.25, 0.3) is 10.8 Å². The lowest BCUT2D eigenvalue weighted by Gasteiger charge is -2.29. The van der Waals surface area contributed by atoms with Crippen LogP contribution < -0.4 is 4.74 Å². The largest absolute Gasteiger partial charge is 0.491 e. The molecule has 4 heteroatoms. The van der Waals surface area contributed by atoms with Crippen molar-refractivity contribution in [1.29, 1.82) is 0 Å². The fraction of sp³-hybridized carbons (Fsp3) is 0.474. The maximum atomic E-state index is 10.2. The normalized spacial score (nSPS) is 14.4. The molecule has 0 heterocycles. The molecule has 0 aromatic heterocycles. The zero-order chi connectivity index (χ0) is 16.8. The second-order valence-corrected chi connectivity index (χ2v) is 6.37. The summed E-state index contributed by atoms with van der Waals surface area (Å²) >= 11 is 0. The van der Waals surface area contributed by atoms with Crippen molar-refractivity contribution in [2.45, 2.75) is 39.0 Å². The first-order valence-corrected chi connectivity index (χ1v) is 8.17. The molecule has 0 fully saturated rings. The molecule has 0 saturated carbocycles. The Labute approximate surface area is 138 Å². The maximum Gasteiger partial charge on any atom is 0.120 e. The van der Waals surface area contributed by atoms with E-state index in [1.54, 1.807) is 6.92 Å². The van der Waals surface area contributed by atoms with E-state index in [1.165, 1.54) is 5.39 Å². The van der Waals surface area contributed by atoms with E-state index in [0.29, 0.717) is 13.1 Å². The smallest absolute Gasteiger partial charge is 0.120 e. The van der Waals surface area contributed by atoms with Gasteiger partial charge in [-0.25, -0.2) is 0 Å². The van der Waals surface area contributed by atoms with E-state index in [1.807, 2.05) is 36.4 Å². The van der Waals surface area contributed by atoms with Gasteiger partial charge in [0.25, 0.3) is 0 Å². The first-order chi connectivity index (χ1) is 11.0. The molecule has 0 aliphatic heterocycles. The van der Waals surface area contributed by atoms with Gasteiger partial charge in [0.1, 0.15) is 18.5 Å². The topological polar surface area (TPSA) is 52.9 Å². The van der Waals surface area contributed by atoms with Gasteiger partial charge in [0.15, 0.2) is 0 Å². The van der Waals surface area contributed by atoms with Crippen molar-refractivity contribution in [3.63, 3.8) is 0 Å². The predicted molar refractivity (Wildman–Crippen MR) is 93.8 cm³/mol. The van der Waals surface area contributed by atoms with Gasteiger partial charge in [-0.3, -0.25) is 4.90 Å². The number of ether oxygens (including phenoxy) is 1. The second kappa shape index (κ2) is 8.29. The minimum atomic E-state index is -0.595. The summed E-state index contributed by atoms with van der Waals surface area (Å²) in [5.74, 6) is 0.759. The molecule has 2 atom stereocenters. The fourth-order valence-electron chi connectivity index (χ4n) is 2.61. The molecule has 0 amide bonds. The van der Waals surface area contributed by atoms with Gasteiger partial charge in [-0.05, 0) is 43.7 Å². The SMILES string of the molecule is CC(O)CN(CC(O)COc1ccc2ccccc2c1)C(C)C. The van der Waals surface area contributed by atoms with Crippen molar-refractivity contribution in [2.24, 2.45) is 0 Å². The minimum Gasteiger partial charge on any atom is -0.491 e. The molecular formula is C19H27NO3.